The molecule has 4 N–H and O–H groups in total. The Labute approximate surface area is 319 Å². The van der Waals surface area contributed by atoms with Crippen molar-refractivity contribution in [2.45, 2.75) is 32.3 Å². The van der Waals surface area contributed by atoms with Gasteiger partial charge in [0.05, 0.1) is 23.7 Å². The van der Waals surface area contributed by atoms with Gasteiger partial charge in [-0.05, 0) is 46.4 Å². The molecule has 0 fully saturated rings. The lowest BCUT2D eigenvalue weighted by Crippen LogP contribution is -2.32. The van der Waals surface area contributed by atoms with Gasteiger partial charge in [-0.1, -0.05) is 97.1 Å². The van der Waals surface area contributed by atoms with E-state index in [0.717, 1.165) is 55.9 Å². The van der Waals surface area contributed by atoms with Gasteiger partial charge in [-0.25, -0.2) is 19.1 Å². The number of pyridine rings is 2. The molecule has 0 aliphatic heterocycles. The minimum absolute atomic E-state index is 0.257. The summed E-state index contributed by atoms with van der Waals surface area (Å²) in [6.07, 6.45) is 7.58. The van der Waals surface area contributed by atoms with E-state index in [1.807, 2.05) is 62.0 Å². The van der Waals surface area contributed by atoms with Gasteiger partial charge < -0.3 is 19.6 Å². The minimum Gasteiger partial charge on any atom is -0.324 e. The Kier molecular flexibility index (Phi) is 11.1. The Hall–Kier alpha value is -5.44. The third-order valence-corrected chi connectivity index (χ3v) is 10.8. The van der Waals surface area contributed by atoms with Crippen molar-refractivity contribution < 1.29 is 37.8 Å². The molecule has 3 heterocycles. The van der Waals surface area contributed by atoms with Crippen molar-refractivity contribution in [3.05, 3.63) is 180 Å². The van der Waals surface area contributed by atoms with Gasteiger partial charge >= 0.3 is 15.2 Å². The maximum Gasteiger partial charge on any atom is 0.329 e. The molecule has 12 heteroatoms. The minimum atomic E-state index is -4.09. The summed E-state index contributed by atoms with van der Waals surface area (Å²) < 4.78 is 26.7. The molecule has 0 bridgehead atoms. The molecule has 55 heavy (non-hydrogen) atoms. The van der Waals surface area contributed by atoms with Crippen LogP contribution in [0, 0.1) is 6.92 Å². The van der Waals surface area contributed by atoms with Crippen LogP contribution in [0.5, 0.6) is 0 Å². The average Bonchev–Trinajstić information content (AvgIpc) is 3.16. The fourth-order valence-corrected chi connectivity index (χ4v) is 7.81. The molecule has 0 spiro atoms. The summed E-state index contributed by atoms with van der Waals surface area (Å²) in [5.74, 6) is 0.689. The van der Waals surface area contributed by atoms with E-state index in [0.29, 0.717) is 30.0 Å². The Morgan fingerprint density at radius 1 is 0.436 bits per heavy atom. The lowest BCUT2D eigenvalue weighted by atomic mass is 10.0. The second-order valence-electron chi connectivity index (χ2n) is 13.6. The molecule has 0 aliphatic rings. The second-order valence-corrected chi connectivity index (χ2v) is 16.9. The van der Waals surface area contributed by atoms with E-state index < -0.39 is 15.2 Å². The van der Waals surface area contributed by atoms with Gasteiger partial charge in [0, 0.05) is 46.5 Å². The first kappa shape index (κ1) is 37.9. The predicted molar refractivity (Wildman–Crippen MR) is 211 cm³/mol. The standard InChI is InChI=1S/C43H38N4O6P2/c1-31-44-42(40-14-10-36(11-15-40)38-18-22-46(23-19-38)27-32-2-6-34(7-3-32)29-54(48,49)50)26-43(45-31)41-16-12-37(13-17-41)39-20-24-47(25-21-39)28-33-4-8-35(9-5-33)30-55(51,52)53/h2-26H,27-30H2,1H3,(H2-2,48,49,50,51,52,53)/p+2. The van der Waals surface area contributed by atoms with Gasteiger partial charge in [-0.15, -0.1) is 0 Å². The van der Waals surface area contributed by atoms with E-state index in [1.54, 1.807) is 24.3 Å². The summed E-state index contributed by atoms with van der Waals surface area (Å²) >= 11 is 0. The van der Waals surface area contributed by atoms with Crippen molar-refractivity contribution in [1.82, 2.24) is 9.97 Å². The first-order valence-corrected chi connectivity index (χ1v) is 21.2. The first-order valence-electron chi connectivity index (χ1n) is 17.6. The highest BCUT2D eigenvalue weighted by Gasteiger charge is 2.16. The molecule has 0 atom stereocenters. The Balaban J connectivity index is 0.985. The molecule has 0 saturated carbocycles. The monoisotopic (exact) mass is 770 g/mol. The number of aromatic nitrogens is 4. The molecule has 276 valence electrons. The van der Waals surface area contributed by atoms with Crippen LogP contribution in [0.3, 0.4) is 0 Å². The average molecular weight is 771 g/mol. The second kappa shape index (κ2) is 16.1. The van der Waals surface area contributed by atoms with Gasteiger partial charge in [0.25, 0.3) is 0 Å². The van der Waals surface area contributed by atoms with Crippen molar-refractivity contribution >= 4 is 15.2 Å². The summed E-state index contributed by atoms with van der Waals surface area (Å²) in [4.78, 5) is 46.3. The topological polar surface area (TPSA) is 149 Å². The van der Waals surface area contributed by atoms with Crippen LogP contribution in [0.4, 0.5) is 0 Å². The van der Waals surface area contributed by atoms with Crippen LogP contribution in [0.25, 0.3) is 44.8 Å². The van der Waals surface area contributed by atoms with E-state index in [2.05, 4.69) is 81.9 Å². The number of nitrogens with zero attached hydrogens (tertiary/aromatic N) is 4. The van der Waals surface area contributed by atoms with E-state index in [9.17, 15) is 28.7 Å². The largest absolute Gasteiger partial charge is 0.329 e. The maximum atomic E-state index is 11.3. The number of hydrogen-bond acceptors (Lipinski definition) is 4. The number of hydrogen-bond donors (Lipinski definition) is 4. The van der Waals surface area contributed by atoms with Crippen molar-refractivity contribution in [3.63, 3.8) is 0 Å². The highest BCUT2D eigenvalue weighted by Crippen LogP contribution is 2.39. The van der Waals surface area contributed by atoms with Crippen LogP contribution < -0.4 is 9.13 Å². The fraction of sp³-hybridized carbons (Fsp3) is 0.116. The zero-order valence-electron chi connectivity index (χ0n) is 30.1. The quantitative estimate of drug-likeness (QED) is 0.0739. The zero-order valence-corrected chi connectivity index (χ0v) is 31.8. The van der Waals surface area contributed by atoms with Crippen molar-refractivity contribution in [3.8, 4) is 44.8 Å². The van der Waals surface area contributed by atoms with Crippen LogP contribution in [0.2, 0.25) is 0 Å². The number of aryl methyl sites for hydroxylation is 1. The number of rotatable bonds is 12. The summed E-state index contributed by atoms with van der Waals surface area (Å²) in [6, 6.07) is 41.6. The van der Waals surface area contributed by atoms with Crippen molar-refractivity contribution in [1.29, 1.82) is 0 Å². The lowest BCUT2D eigenvalue weighted by molar-refractivity contribution is -0.688. The molecule has 3 aromatic heterocycles. The molecular weight excluding hydrogens is 730 g/mol. The van der Waals surface area contributed by atoms with Gasteiger partial charge in [0.1, 0.15) is 5.82 Å². The Morgan fingerprint density at radius 2 is 0.727 bits per heavy atom. The van der Waals surface area contributed by atoms with Crippen LogP contribution in [0.15, 0.2) is 152 Å². The van der Waals surface area contributed by atoms with Gasteiger partial charge in [0.2, 0.25) is 0 Å². The fourth-order valence-electron chi connectivity index (χ4n) is 6.44. The molecule has 0 unspecified atom stereocenters. The van der Waals surface area contributed by atoms with Crippen LogP contribution in [-0.4, -0.2) is 29.5 Å². The summed E-state index contributed by atoms with van der Waals surface area (Å²) in [5, 5.41) is 0. The van der Waals surface area contributed by atoms with Crippen LogP contribution >= 0.6 is 15.2 Å². The molecule has 4 aromatic carbocycles. The Bertz CT molecular complexity index is 2330. The first-order chi connectivity index (χ1) is 26.3. The molecule has 10 nitrogen and oxygen atoms in total. The number of benzene rings is 4. The van der Waals surface area contributed by atoms with Crippen molar-refractivity contribution in [2.75, 3.05) is 0 Å². The lowest BCUT2D eigenvalue weighted by Gasteiger charge is -2.09. The highest BCUT2D eigenvalue weighted by molar-refractivity contribution is 7.51. The van der Waals surface area contributed by atoms with E-state index in [1.165, 1.54) is 0 Å². The third kappa shape index (κ3) is 10.4. The van der Waals surface area contributed by atoms with E-state index in [4.69, 9.17) is 9.97 Å². The third-order valence-electron chi connectivity index (χ3n) is 9.20. The summed E-state index contributed by atoms with van der Waals surface area (Å²) in [7, 11) is -8.18. The maximum absolute atomic E-state index is 11.3. The van der Waals surface area contributed by atoms with Gasteiger partial charge in [0.15, 0.2) is 37.9 Å². The van der Waals surface area contributed by atoms with E-state index in [-0.39, 0.29) is 12.3 Å². The normalized spacial score (nSPS) is 11.8. The SMILES string of the molecule is Cc1nc(-c2ccc(-c3cc[n+](Cc4ccc(CP(=O)(O)O)cc4)cc3)cc2)cc(-c2ccc(-c3cc[n+](Cc4ccc(CP(=O)(O)O)cc4)cc3)cc2)n1. The molecule has 7 rings (SSSR count). The van der Waals surface area contributed by atoms with Crippen LogP contribution in [0.1, 0.15) is 28.1 Å². The van der Waals surface area contributed by atoms with Gasteiger partial charge in [-0.3, -0.25) is 9.13 Å². The molecule has 0 radical (unpaired) electrons. The molecule has 7 aromatic rings. The Morgan fingerprint density at radius 3 is 1.05 bits per heavy atom. The highest BCUT2D eigenvalue weighted by atomic mass is 31.2. The smallest absolute Gasteiger partial charge is 0.324 e. The molecule has 0 amide bonds. The van der Waals surface area contributed by atoms with E-state index >= 15 is 0 Å². The summed E-state index contributed by atoms with van der Waals surface area (Å²) in [5.41, 5.74) is 11.3. The van der Waals surface area contributed by atoms with Crippen molar-refractivity contribution in [2.24, 2.45) is 0 Å². The zero-order chi connectivity index (χ0) is 38.6. The molecule has 0 aliphatic carbocycles. The van der Waals surface area contributed by atoms with Crippen LogP contribution in [-0.2, 0) is 34.5 Å². The predicted octanol–water partition coefficient (Wildman–Crippen LogP) is 7.48. The molecule has 0 saturated heterocycles. The van der Waals surface area contributed by atoms with Gasteiger partial charge in [-0.2, -0.15) is 0 Å². The summed E-state index contributed by atoms with van der Waals surface area (Å²) in [6.45, 7) is 3.19. The molecular formula is C43H40N4O6P2+2.